The Bertz CT molecular complexity index is 450. The molecule has 0 aromatic carbocycles. The lowest BCUT2D eigenvalue weighted by atomic mass is 9.89. The van der Waals surface area contributed by atoms with E-state index in [0.29, 0.717) is 18.8 Å². The highest BCUT2D eigenvalue weighted by Crippen LogP contribution is 2.45. The first-order valence-corrected chi connectivity index (χ1v) is 10.3. The van der Waals surface area contributed by atoms with Gasteiger partial charge in [-0.2, -0.15) is 0 Å². The Hall–Kier alpha value is -0.910. The molecule has 26 heavy (non-hydrogen) atoms. The summed E-state index contributed by atoms with van der Waals surface area (Å²) in [4.78, 5) is 11.1. The van der Waals surface area contributed by atoms with Crippen molar-refractivity contribution in [3.05, 3.63) is 12.2 Å². The molecule has 0 amide bonds. The lowest BCUT2D eigenvalue weighted by molar-refractivity contribution is -0.140. The summed E-state index contributed by atoms with van der Waals surface area (Å²) in [5, 5.41) is 20.4. The van der Waals surface area contributed by atoms with Crippen molar-refractivity contribution in [3.8, 4) is 0 Å². The minimum Gasteiger partial charge on any atom is -0.469 e. The Morgan fingerprint density at radius 1 is 1.27 bits per heavy atom. The van der Waals surface area contributed by atoms with Gasteiger partial charge >= 0.3 is 5.97 Å². The third-order valence-corrected chi connectivity index (χ3v) is 5.84. The molecular formula is C21H36O5. The van der Waals surface area contributed by atoms with Crippen LogP contribution in [0.3, 0.4) is 0 Å². The van der Waals surface area contributed by atoms with Gasteiger partial charge in [-0.05, 0) is 31.6 Å². The molecule has 6 atom stereocenters. The summed E-state index contributed by atoms with van der Waals surface area (Å²) in [6.07, 6.45) is 12.4. The molecule has 5 nitrogen and oxygen atoms in total. The normalized spacial score (nSPS) is 32.1. The number of aliphatic hydroxyl groups excluding tert-OH is 2. The van der Waals surface area contributed by atoms with E-state index in [0.717, 1.165) is 51.4 Å². The summed E-state index contributed by atoms with van der Waals surface area (Å²) in [6.45, 7) is 2.16. The van der Waals surface area contributed by atoms with Crippen LogP contribution in [0.4, 0.5) is 0 Å². The quantitative estimate of drug-likeness (QED) is 0.332. The van der Waals surface area contributed by atoms with Crippen LogP contribution in [0.5, 0.6) is 0 Å². The SMILES string of the molecule is CCCCC[C@H](O)/C=C/[C@@H]1[C@H]2CC(CCCCC(=O)OC)O[C@@H]2C[C@H]1O. The highest BCUT2D eigenvalue weighted by molar-refractivity contribution is 5.68. The van der Waals surface area contributed by atoms with E-state index in [1.165, 1.54) is 7.11 Å². The predicted molar refractivity (Wildman–Crippen MR) is 101 cm³/mol. The van der Waals surface area contributed by atoms with Gasteiger partial charge in [-0.3, -0.25) is 4.79 Å². The average molecular weight is 369 g/mol. The fourth-order valence-electron chi connectivity index (χ4n) is 4.33. The fourth-order valence-corrected chi connectivity index (χ4v) is 4.33. The number of carbonyl (C=O) groups is 1. The van der Waals surface area contributed by atoms with E-state index in [9.17, 15) is 15.0 Å². The number of esters is 1. The average Bonchev–Trinajstić information content (AvgIpc) is 3.13. The van der Waals surface area contributed by atoms with Crippen molar-refractivity contribution < 1.29 is 24.5 Å². The number of hydrogen-bond donors (Lipinski definition) is 2. The van der Waals surface area contributed by atoms with Crippen LogP contribution in [-0.4, -0.2) is 47.7 Å². The van der Waals surface area contributed by atoms with Crippen LogP contribution in [0.15, 0.2) is 12.2 Å². The molecular weight excluding hydrogens is 332 g/mol. The van der Waals surface area contributed by atoms with E-state index in [1.54, 1.807) is 0 Å². The van der Waals surface area contributed by atoms with Crippen LogP contribution >= 0.6 is 0 Å². The van der Waals surface area contributed by atoms with Crippen LogP contribution in [0, 0.1) is 11.8 Å². The lowest BCUT2D eigenvalue weighted by Crippen LogP contribution is -2.19. The first-order valence-electron chi connectivity index (χ1n) is 10.3. The molecule has 0 spiro atoms. The molecule has 1 unspecified atom stereocenters. The second kappa shape index (κ2) is 11.1. The minimum atomic E-state index is -0.413. The zero-order valence-electron chi connectivity index (χ0n) is 16.3. The molecule has 0 radical (unpaired) electrons. The van der Waals surface area contributed by atoms with Crippen LogP contribution < -0.4 is 0 Å². The van der Waals surface area contributed by atoms with Gasteiger partial charge in [0.05, 0.1) is 31.5 Å². The third kappa shape index (κ3) is 6.36. The van der Waals surface area contributed by atoms with Crippen molar-refractivity contribution in [2.75, 3.05) is 7.11 Å². The van der Waals surface area contributed by atoms with Crippen molar-refractivity contribution in [2.24, 2.45) is 11.8 Å². The number of ether oxygens (including phenoxy) is 2. The van der Waals surface area contributed by atoms with Crippen LogP contribution in [0.25, 0.3) is 0 Å². The topological polar surface area (TPSA) is 76.0 Å². The summed E-state index contributed by atoms with van der Waals surface area (Å²) >= 11 is 0. The van der Waals surface area contributed by atoms with E-state index < -0.39 is 6.10 Å². The van der Waals surface area contributed by atoms with Crippen molar-refractivity contribution >= 4 is 5.97 Å². The number of rotatable bonds is 11. The maximum Gasteiger partial charge on any atom is 0.305 e. The zero-order chi connectivity index (χ0) is 18.9. The summed E-state index contributed by atoms with van der Waals surface area (Å²) in [5.41, 5.74) is 0. The van der Waals surface area contributed by atoms with Gasteiger partial charge in [-0.15, -0.1) is 0 Å². The Labute approximate surface area is 157 Å². The third-order valence-electron chi connectivity index (χ3n) is 5.84. The second-order valence-corrected chi connectivity index (χ2v) is 7.85. The van der Waals surface area contributed by atoms with Crippen molar-refractivity contribution in [3.63, 3.8) is 0 Å². The molecule has 150 valence electrons. The molecule has 2 aliphatic rings. The monoisotopic (exact) mass is 368 g/mol. The Balaban J connectivity index is 1.74. The molecule has 1 aliphatic heterocycles. The van der Waals surface area contributed by atoms with Gasteiger partial charge in [-0.25, -0.2) is 0 Å². The fraction of sp³-hybridized carbons (Fsp3) is 0.857. The van der Waals surface area contributed by atoms with Gasteiger partial charge < -0.3 is 19.7 Å². The van der Waals surface area contributed by atoms with Crippen molar-refractivity contribution in [1.82, 2.24) is 0 Å². The maximum absolute atomic E-state index is 11.1. The van der Waals surface area contributed by atoms with E-state index in [4.69, 9.17) is 4.74 Å². The summed E-state index contributed by atoms with van der Waals surface area (Å²) < 4.78 is 10.8. The lowest BCUT2D eigenvalue weighted by Gasteiger charge is -2.18. The van der Waals surface area contributed by atoms with Gasteiger partial charge in [0.25, 0.3) is 0 Å². The first-order chi connectivity index (χ1) is 12.5. The molecule has 0 aromatic rings. The predicted octanol–water partition coefficient (Wildman–Crippen LogP) is 3.37. The summed E-state index contributed by atoms with van der Waals surface area (Å²) in [7, 11) is 1.42. The van der Waals surface area contributed by atoms with Crippen LogP contribution in [-0.2, 0) is 14.3 Å². The number of methoxy groups -OCH3 is 1. The van der Waals surface area contributed by atoms with E-state index >= 15 is 0 Å². The Morgan fingerprint density at radius 3 is 2.81 bits per heavy atom. The smallest absolute Gasteiger partial charge is 0.305 e. The number of hydrogen-bond acceptors (Lipinski definition) is 5. The number of fused-ring (bicyclic) bond motifs is 1. The summed E-state index contributed by atoms with van der Waals surface area (Å²) in [5.74, 6) is 0.274. The molecule has 2 fully saturated rings. The second-order valence-electron chi connectivity index (χ2n) is 7.85. The van der Waals surface area contributed by atoms with E-state index in [-0.39, 0.29) is 30.2 Å². The maximum atomic E-state index is 11.1. The first kappa shape index (κ1) is 21.4. The van der Waals surface area contributed by atoms with Crippen LogP contribution in [0.1, 0.15) is 71.1 Å². The molecule has 0 bridgehead atoms. The standard InChI is InChI=1S/C21H36O5/c1-3-4-5-8-15(22)11-12-17-18-13-16(26-20(18)14-19(17)23)9-6-7-10-21(24)25-2/h11-12,15-20,22-23H,3-10,13-14H2,1-2H3/b12-11+/t15-,16?,17+,18+,19+,20+/m0/s1. The molecule has 1 heterocycles. The molecule has 2 rings (SSSR count). The van der Waals surface area contributed by atoms with Gasteiger partial charge in [0, 0.05) is 18.8 Å². The van der Waals surface area contributed by atoms with E-state index in [2.05, 4.69) is 11.7 Å². The van der Waals surface area contributed by atoms with Gasteiger partial charge in [-0.1, -0.05) is 44.8 Å². The Kier molecular flexibility index (Phi) is 9.09. The van der Waals surface area contributed by atoms with Crippen molar-refractivity contribution in [2.45, 2.75) is 95.5 Å². The number of carbonyl (C=O) groups excluding carboxylic acids is 1. The molecule has 1 saturated carbocycles. The largest absolute Gasteiger partial charge is 0.469 e. The number of aliphatic hydroxyl groups is 2. The Morgan fingerprint density at radius 2 is 2.08 bits per heavy atom. The highest BCUT2D eigenvalue weighted by atomic mass is 16.5. The van der Waals surface area contributed by atoms with Crippen LogP contribution in [0.2, 0.25) is 0 Å². The van der Waals surface area contributed by atoms with Gasteiger partial charge in [0.2, 0.25) is 0 Å². The minimum absolute atomic E-state index is 0.0842. The zero-order valence-corrected chi connectivity index (χ0v) is 16.3. The van der Waals surface area contributed by atoms with E-state index in [1.807, 2.05) is 12.2 Å². The summed E-state index contributed by atoms with van der Waals surface area (Å²) in [6, 6.07) is 0. The van der Waals surface area contributed by atoms with Gasteiger partial charge in [0.15, 0.2) is 0 Å². The molecule has 1 saturated heterocycles. The highest BCUT2D eigenvalue weighted by Gasteiger charge is 2.47. The number of unbranched alkanes of at least 4 members (excludes halogenated alkanes) is 3. The molecule has 2 N–H and O–H groups in total. The molecule has 0 aromatic heterocycles. The molecule has 5 heteroatoms. The van der Waals surface area contributed by atoms with Crippen molar-refractivity contribution in [1.29, 1.82) is 0 Å². The molecule has 1 aliphatic carbocycles. The van der Waals surface area contributed by atoms with Gasteiger partial charge in [0.1, 0.15) is 0 Å².